The Kier molecular flexibility index (Phi) is 6.70. The lowest BCUT2D eigenvalue weighted by Crippen LogP contribution is -2.02. The smallest absolute Gasteiger partial charge is 0.264 e. The zero-order chi connectivity index (χ0) is 16.3. The molecular formula is C15H11Cl2F3N2O. The molecule has 0 aliphatic carbocycles. The van der Waals surface area contributed by atoms with Crippen LogP contribution in [0.2, 0.25) is 5.02 Å². The molecule has 0 spiro atoms. The Bertz CT molecular complexity index is 748. The second kappa shape index (κ2) is 8.06. The van der Waals surface area contributed by atoms with Gasteiger partial charge < -0.3 is 10.5 Å². The van der Waals surface area contributed by atoms with E-state index in [-0.39, 0.29) is 46.6 Å². The first-order valence-corrected chi connectivity index (χ1v) is 6.52. The zero-order valence-electron chi connectivity index (χ0n) is 11.5. The van der Waals surface area contributed by atoms with Gasteiger partial charge in [0.25, 0.3) is 6.43 Å². The molecule has 0 saturated heterocycles. The van der Waals surface area contributed by atoms with Gasteiger partial charge in [-0.15, -0.1) is 12.4 Å². The third-order valence-corrected chi connectivity index (χ3v) is 3.18. The number of benzene rings is 2. The maximum Gasteiger partial charge on any atom is 0.264 e. The molecule has 122 valence electrons. The van der Waals surface area contributed by atoms with Crippen LogP contribution in [0.15, 0.2) is 30.3 Å². The first-order chi connectivity index (χ1) is 10.5. The SMILES string of the molecule is Cl.N#Cc1cc(Oc2c(Cl)ccc(CN)c2F)cc(C(F)F)c1. The van der Waals surface area contributed by atoms with Crippen molar-refractivity contribution in [3.05, 3.63) is 57.9 Å². The third-order valence-electron chi connectivity index (χ3n) is 2.88. The van der Waals surface area contributed by atoms with Crippen molar-refractivity contribution >= 4 is 24.0 Å². The van der Waals surface area contributed by atoms with Crippen LogP contribution in [0.1, 0.15) is 23.1 Å². The van der Waals surface area contributed by atoms with Crippen LogP contribution < -0.4 is 10.5 Å². The summed E-state index contributed by atoms with van der Waals surface area (Å²) in [6.07, 6.45) is -2.79. The van der Waals surface area contributed by atoms with E-state index >= 15 is 0 Å². The van der Waals surface area contributed by atoms with Gasteiger partial charge in [-0.05, 0) is 24.3 Å². The van der Waals surface area contributed by atoms with E-state index in [9.17, 15) is 13.2 Å². The normalized spacial score (nSPS) is 10.1. The van der Waals surface area contributed by atoms with E-state index in [0.717, 1.165) is 12.1 Å². The van der Waals surface area contributed by atoms with Crippen molar-refractivity contribution in [3.63, 3.8) is 0 Å². The summed E-state index contributed by atoms with van der Waals surface area (Å²) in [5.74, 6) is -1.19. The van der Waals surface area contributed by atoms with Crippen molar-refractivity contribution in [2.45, 2.75) is 13.0 Å². The van der Waals surface area contributed by atoms with Crippen molar-refractivity contribution in [2.24, 2.45) is 5.73 Å². The van der Waals surface area contributed by atoms with Crippen molar-refractivity contribution < 1.29 is 17.9 Å². The lowest BCUT2D eigenvalue weighted by atomic mass is 10.1. The minimum absolute atomic E-state index is 0. The van der Waals surface area contributed by atoms with Crippen molar-refractivity contribution in [3.8, 4) is 17.6 Å². The molecule has 0 aliphatic rings. The van der Waals surface area contributed by atoms with Gasteiger partial charge in [-0.25, -0.2) is 13.2 Å². The molecule has 2 N–H and O–H groups in total. The molecule has 0 radical (unpaired) electrons. The molecule has 0 amide bonds. The van der Waals surface area contributed by atoms with Crippen molar-refractivity contribution in [1.29, 1.82) is 5.26 Å². The first-order valence-electron chi connectivity index (χ1n) is 6.14. The summed E-state index contributed by atoms with van der Waals surface area (Å²) >= 11 is 5.87. The molecule has 3 nitrogen and oxygen atoms in total. The molecule has 2 rings (SSSR count). The molecule has 0 unspecified atom stereocenters. The first kappa shape index (κ1) is 19.1. The number of nitriles is 1. The Labute approximate surface area is 141 Å². The number of nitrogens with two attached hydrogens (primary N) is 1. The predicted molar refractivity (Wildman–Crippen MR) is 82.7 cm³/mol. The lowest BCUT2D eigenvalue weighted by molar-refractivity contribution is 0.151. The quantitative estimate of drug-likeness (QED) is 0.835. The molecule has 2 aromatic carbocycles. The number of hydrogen-bond acceptors (Lipinski definition) is 3. The Morgan fingerprint density at radius 2 is 1.96 bits per heavy atom. The van der Waals surface area contributed by atoms with E-state index in [2.05, 4.69) is 0 Å². The van der Waals surface area contributed by atoms with E-state index < -0.39 is 17.8 Å². The molecule has 0 aliphatic heterocycles. The molecular weight excluding hydrogens is 352 g/mol. The predicted octanol–water partition coefficient (Wildman–Crippen LogP) is 4.96. The van der Waals surface area contributed by atoms with E-state index in [4.69, 9.17) is 27.3 Å². The van der Waals surface area contributed by atoms with Gasteiger partial charge in [0.1, 0.15) is 5.75 Å². The van der Waals surface area contributed by atoms with Crippen LogP contribution in [0.5, 0.6) is 11.5 Å². The molecule has 0 bridgehead atoms. The number of alkyl halides is 2. The largest absolute Gasteiger partial charge is 0.453 e. The number of rotatable bonds is 4. The summed E-state index contributed by atoms with van der Waals surface area (Å²) in [4.78, 5) is 0. The van der Waals surface area contributed by atoms with Gasteiger partial charge in [0.15, 0.2) is 11.6 Å². The summed E-state index contributed by atoms with van der Waals surface area (Å²) in [6.45, 7) is -0.0696. The van der Waals surface area contributed by atoms with Crippen molar-refractivity contribution in [1.82, 2.24) is 0 Å². The van der Waals surface area contributed by atoms with Crippen LogP contribution >= 0.6 is 24.0 Å². The molecule has 23 heavy (non-hydrogen) atoms. The average Bonchev–Trinajstić information content (AvgIpc) is 2.51. The number of hydrogen-bond donors (Lipinski definition) is 1. The van der Waals surface area contributed by atoms with Gasteiger partial charge in [0, 0.05) is 17.7 Å². The lowest BCUT2D eigenvalue weighted by Gasteiger charge is -2.12. The Morgan fingerprint density at radius 1 is 1.26 bits per heavy atom. The molecule has 0 atom stereocenters. The van der Waals surface area contributed by atoms with Gasteiger partial charge in [-0.2, -0.15) is 5.26 Å². The third kappa shape index (κ3) is 4.29. The minimum atomic E-state index is -2.79. The standard InChI is InChI=1S/C15H10ClF3N2O.ClH/c16-12-2-1-9(7-21)13(17)14(12)22-11-4-8(6-20)3-10(5-11)15(18)19;/h1-5,15H,7,21H2;1H. The molecule has 2 aromatic rings. The van der Waals surface area contributed by atoms with Crippen molar-refractivity contribution in [2.75, 3.05) is 0 Å². The number of nitrogens with zero attached hydrogens (tertiary/aromatic N) is 1. The second-order valence-electron chi connectivity index (χ2n) is 4.36. The monoisotopic (exact) mass is 362 g/mol. The van der Waals surface area contributed by atoms with Gasteiger partial charge >= 0.3 is 0 Å². The Hall–Kier alpha value is -1.94. The highest BCUT2D eigenvalue weighted by Crippen LogP contribution is 2.35. The van der Waals surface area contributed by atoms with E-state index in [1.54, 1.807) is 6.07 Å². The molecule has 0 saturated carbocycles. The van der Waals surface area contributed by atoms with Crippen LogP contribution in [-0.2, 0) is 6.54 Å². The van der Waals surface area contributed by atoms with Gasteiger partial charge in [0.05, 0.1) is 16.7 Å². The van der Waals surface area contributed by atoms with Crippen LogP contribution in [0.3, 0.4) is 0 Å². The summed E-state index contributed by atoms with van der Waals surface area (Å²) in [5.41, 5.74) is 5.13. The zero-order valence-corrected chi connectivity index (χ0v) is 13.1. The highest BCUT2D eigenvalue weighted by Gasteiger charge is 2.16. The van der Waals surface area contributed by atoms with Crippen LogP contribution in [0.4, 0.5) is 13.2 Å². The number of halogens is 5. The Balaban J connectivity index is 0.00000264. The van der Waals surface area contributed by atoms with Gasteiger partial charge in [0.2, 0.25) is 0 Å². The number of ether oxygens (including phenoxy) is 1. The fourth-order valence-corrected chi connectivity index (χ4v) is 2.00. The highest BCUT2D eigenvalue weighted by molar-refractivity contribution is 6.32. The average molecular weight is 363 g/mol. The van der Waals surface area contributed by atoms with E-state index in [1.807, 2.05) is 0 Å². The van der Waals surface area contributed by atoms with Gasteiger partial charge in [-0.3, -0.25) is 0 Å². The molecule has 0 aromatic heterocycles. The maximum absolute atomic E-state index is 14.2. The second-order valence-corrected chi connectivity index (χ2v) is 4.77. The fourth-order valence-electron chi connectivity index (χ4n) is 1.81. The summed E-state index contributed by atoms with van der Waals surface area (Å²) in [5, 5.41) is 8.83. The summed E-state index contributed by atoms with van der Waals surface area (Å²) < 4.78 is 45.0. The van der Waals surface area contributed by atoms with E-state index in [0.29, 0.717) is 0 Å². The van der Waals surface area contributed by atoms with E-state index in [1.165, 1.54) is 18.2 Å². The molecule has 0 fully saturated rings. The minimum Gasteiger partial charge on any atom is -0.453 e. The summed E-state index contributed by atoms with van der Waals surface area (Å²) in [6, 6.07) is 7.81. The molecule has 8 heteroatoms. The van der Waals surface area contributed by atoms with Gasteiger partial charge in [-0.1, -0.05) is 17.7 Å². The maximum atomic E-state index is 14.2. The highest BCUT2D eigenvalue weighted by atomic mass is 35.5. The van der Waals surface area contributed by atoms with Crippen LogP contribution in [-0.4, -0.2) is 0 Å². The fraction of sp³-hybridized carbons (Fsp3) is 0.133. The van der Waals surface area contributed by atoms with Crippen LogP contribution in [0, 0.1) is 17.1 Å². The van der Waals surface area contributed by atoms with Crippen LogP contribution in [0.25, 0.3) is 0 Å². The summed E-state index contributed by atoms with van der Waals surface area (Å²) in [7, 11) is 0. The topological polar surface area (TPSA) is 59.0 Å². The Morgan fingerprint density at radius 3 is 2.52 bits per heavy atom. The molecule has 0 heterocycles.